The highest BCUT2D eigenvalue weighted by Gasteiger charge is 2.60. The Morgan fingerprint density at radius 2 is 1.59 bits per heavy atom. The number of benzene rings is 2. The average molecular weight is 418 g/mol. The molecule has 0 saturated heterocycles. The smallest absolute Gasteiger partial charge is 0.331 e. The van der Waals surface area contributed by atoms with Crippen molar-refractivity contribution < 1.29 is 9.53 Å². The number of rotatable bonds is 3. The van der Waals surface area contributed by atoms with E-state index in [0.717, 1.165) is 39.8 Å². The fourth-order valence-electron chi connectivity index (χ4n) is 5.36. The zero-order chi connectivity index (χ0) is 22.1. The Morgan fingerprint density at radius 3 is 2.19 bits per heavy atom. The van der Waals surface area contributed by atoms with Gasteiger partial charge in [0.25, 0.3) is 0 Å². The van der Waals surface area contributed by atoms with Crippen molar-refractivity contribution >= 4 is 11.5 Å². The summed E-state index contributed by atoms with van der Waals surface area (Å²) >= 11 is 0. The second-order valence-corrected chi connectivity index (χ2v) is 8.25. The van der Waals surface area contributed by atoms with Gasteiger partial charge in [-0.25, -0.2) is 4.79 Å². The molecule has 3 nitrogen and oxygen atoms in total. The summed E-state index contributed by atoms with van der Waals surface area (Å²) in [6.07, 6.45) is 13.1. The van der Waals surface area contributed by atoms with Gasteiger partial charge < -0.3 is 4.74 Å². The highest BCUT2D eigenvalue weighted by Crippen LogP contribution is 2.59. The highest BCUT2D eigenvalue weighted by molar-refractivity contribution is 5.91. The van der Waals surface area contributed by atoms with Gasteiger partial charge in [0.15, 0.2) is 5.41 Å². The predicted octanol–water partition coefficient (Wildman–Crippen LogP) is 5.80. The predicted molar refractivity (Wildman–Crippen MR) is 125 cm³/mol. The van der Waals surface area contributed by atoms with Gasteiger partial charge in [0.2, 0.25) is 0 Å². The SMILES string of the molecule is COC(=O)[C@@]1(C#N)C2=C(C=CCC=C2)[C@H]2C(=C(c3ccccc3)c3ccccc3)C=C[C@H]21. The minimum atomic E-state index is -1.35. The molecule has 0 unspecified atom stereocenters. The molecule has 3 atom stereocenters. The van der Waals surface area contributed by atoms with Crippen molar-refractivity contribution in [2.75, 3.05) is 7.11 Å². The van der Waals surface area contributed by atoms with Crippen LogP contribution < -0.4 is 0 Å². The van der Waals surface area contributed by atoms with Crippen molar-refractivity contribution in [2.45, 2.75) is 6.42 Å². The summed E-state index contributed by atoms with van der Waals surface area (Å²) in [4.78, 5) is 13.1. The van der Waals surface area contributed by atoms with E-state index < -0.39 is 11.4 Å². The maximum Gasteiger partial charge on any atom is 0.331 e. The van der Waals surface area contributed by atoms with E-state index in [1.807, 2.05) is 54.6 Å². The van der Waals surface area contributed by atoms with E-state index in [9.17, 15) is 10.1 Å². The van der Waals surface area contributed by atoms with E-state index in [1.165, 1.54) is 7.11 Å². The molecule has 5 rings (SSSR count). The van der Waals surface area contributed by atoms with Gasteiger partial charge in [-0.15, -0.1) is 0 Å². The lowest BCUT2D eigenvalue weighted by atomic mass is 9.72. The van der Waals surface area contributed by atoms with Crippen LogP contribution in [-0.4, -0.2) is 13.1 Å². The third kappa shape index (κ3) is 2.84. The molecule has 3 aliphatic rings. The molecule has 3 aliphatic carbocycles. The first-order valence-electron chi connectivity index (χ1n) is 10.8. The molecular formula is C29H23NO2. The van der Waals surface area contributed by atoms with Gasteiger partial charge in [0.1, 0.15) is 0 Å². The van der Waals surface area contributed by atoms with Crippen LogP contribution in [0.2, 0.25) is 0 Å². The number of nitriles is 1. The second-order valence-electron chi connectivity index (χ2n) is 8.25. The number of methoxy groups -OCH3 is 1. The van der Waals surface area contributed by atoms with Crippen LogP contribution in [-0.2, 0) is 9.53 Å². The molecule has 0 fully saturated rings. The van der Waals surface area contributed by atoms with Gasteiger partial charge in [-0.05, 0) is 39.8 Å². The molecule has 0 heterocycles. The lowest BCUT2D eigenvalue weighted by Gasteiger charge is -2.27. The molecule has 2 aromatic carbocycles. The first kappa shape index (κ1) is 20.0. The molecule has 0 N–H and O–H groups in total. The van der Waals surface area contributed by atoms with Gasteiger partial charge in [-0.2, -0.15) is 5.26 Å². The van der Waals surface area contributed by atoms with Crippen LogP contribution in [0.3, 0.4) is 0 Å². The van der Waals surface area contributed by atoms with Crippen LogP contribution in [0.15, 0.2) is 114 Å². The summed E-state index contributed by atoms with van der Waals surface area (Å²) in [5.74, 6) is -0.903. The Balaban J connectivity index is 1.80. The Bertz CT molecular complexity index is 1210. The molecule has 0 saturated carbocycles. The monoisotopic (exact) mass is 417 g/mol. The van der Waals surface area contributed by atoms with Crippen molar-refractivity contribution in [3.8, 4) is 6.07 Å². The minimum absolute atomic E-state index is 0.0989. The minimum Gasteiger partial charge on any atom is -0.468 e. The molecule has 0 aliphatic heterocycles. The first-order valence-corrected chi connectivity index (χ1v) is 10.8. The molecule has 3 heteroatoms. The fraction of sp³-hybridized carbons (Fsp3) is 0.172. The van der Waals surface area contributed by atoms with Gasteiger partial charge in [-0.1, -0.05) is 97.1 Å². The van der Waals surface area contributed by atoms with Crippen molar-refractivity contribution in [1.82, 2.24) is 0 Å². The summed E-state index contributed by atoms with van der Waals surface area (Å²) in [5, 5.41) is 10.4. The topological polar surface area (TPSA) is 50.1 Å². The quantitative estimate of drug-likeness (QED) is 0.593. The van der Waals surface area contributed by atoms with Crippen molar-refractivity contribution in [3.63, 3.8) is 0 Å². The summed E-state index contributed by atoms with van der Waals surface area (Å²) in [6.45, 7) is 0. The zero-order valence-electron chi connectivity index (χ0n) is 17.9. The lowest BCUT2D eigenvalue weighted by Crippen LogP contribution is -2.37. The van der Waals surface area contributed by atoms with E-state index in [1.54, 1.807) is 0 Å². The molecule has 32 heavy (non-hydrogen) atoms. The maximum atomic E-state index is 13.1. The number of nitrogens with zero attached hydrogens (tertiary/aromatic N) is 1. The van der Waals surface area contributed by atoms with Crippen LogP contribution >= 0.6 is 0 Å². The molecule has 156 valence electrons. The largest absolute Gasteiger partial charge is 0.468 e. The Hall–Kier alpha value is -3.90. The Labute approximate surface area is 188 Å². The van der Waals surface area contributed by atoms with E-state index in [0.29, 0.717) is 0 Å². The van der Waals surface area contributed by atoms with Crippen LogP contribution in [0.4, 0.5) is 0 Å². The van der Waals surface area contributed by atoms with Gasteiger partial charge in [0.05, 0.1) is 13.2 Å². The lowest BCUT2D eigenvalue weighted by molar-refractivity contribution is -0.148. The summed E-state index contributed by atoms with van der Waals surface area (Å²) in [7, 11) is 1.36. The van der Waals surface area contributed by atoms with E-state index >= 15 is 0 Å². The number of carbonyl (C=O) groups excluding carboxylic acids is 1. The number of fused-ring (bicyclic) bond motifs is 2. The Kier molecular flexibility index (Phi) is 4.99. The summed E-state index contributed by atoms with van der Waals surface area (Å²) in [5.41, 5.74) is 4.92. The number of carbonyl (C=O) groups is 1. The molecule has 0 bridgehead atoms. The van der Waals surface area contributed by atoms with Crippen LogP contribution in [0.5, 0.6) is 0 Å². The number of hydrogen-bond donors (Lipinski definition) is 0. The van der Waals surface area contributed by atoms with E-state index in [2.05, 4.69) is 48.6 Å². The van der Waals surface area contributed by atoms with Crippen molar-refractivity contribution in [2.24, 2.45) is 17.3 Å². The number of allylic oxidation sites excluding steroid dienone is 8. The van der Waals surface area contributed by atoms with Crippen LogP contribution in [0, 0.1) is 28.6 Å². The average Bonchev–Trinajstić information content (AvgIpc) is 3.27. The van der Waals surface area contributed by atoms with Gasteiger partial charge >= 0.3 is 5.97 Å². The van der Waals surface area contributed by atoms with Gasteiger partial charge in [-0.3, -0.25) is 0 Å². The third-order valence-electron chi connectivity index (χ3n) is 6.70. The normalized spacial score (nSPS) is 25.2. The zero-order valence-corrected chi connectivity index (χ0v) is 17.9. The first-order chi connectivity index (χ1) is 15.7. The van der Waals surface area contributed by atoms with Crippen molar-refractivity contribution in [1.29, 1.82) is 5.26 Å². The molecule has 0 amide bonds. The maximum absolute atomic E-state index is 13.1. The molecular weight excluding hydrogens is 394 g/mol. The molecule has 0 aromatic heterocycles. The number of hydrogen-bond acceptors (Lipinski definition) is 3. The highest BCUT2D eigenvalue weighted by atomic mass is 16.5. The summed E-state index contributed by atoms with van der Waals surface area (Å²) in [6, 6.07) is 23.0. The standard InChI is InChI=1S/C29H23NO2/c1-32-28(31)29(19-30)24-16-10-4-9-15-22(24)27-23(17-18-25(27)29)26(20-11-5-2-6-12-20)21-13-7-3-8-14-21/h2-3,5-18,25,27H,4H2,1H3/t25-,27+,29+/m1/s1. The fourth-order valence-corrected chi connectivity index (χ4v) is 5.36. The van der Waals surface area contributed by atoms with Crippen LogP contribution in [0.1, 0.15) is 17.5 Å². The molecule has 0 radical (unpaired) electrons. The van der Waals surface area contributed by atoms with E-state index in [4.69, 9.17) is 4.74 Å². The third-order valence-corrected chi connectivity index (χ3v) is 6.70. The number of ether oxygens (including phenoxy) is 1. The molecule has 2 aromatic rings. The van der Waals surface area contributed by atoms with Crippen LogP contribution in [0.25, 0.3) is 5.57 Å². The second kappa shape index (κ2) is 7.98. The number of esters is 1. The van der Waals surface area contributed by atoms with Crippen molar-refractivity contribution in [3.05, 3.63) is 125 Å². The summed E-state index contributed by atoms with van der Waals surface area (Å²) < 4.78 is 5.19. The Morgan fingerprint density at radius 1 is 0.969 bits per heavy atom. The van der Waals surface area contributed by atoms with Gasteiger partial charge in [0, 0.05) is 11.8 Å². The van der Waals surface area contributed by atoms with E-state index in [-0.39, 0.29) is 11.8 Å². The molecule has 0 spiro atoms.